The number of hydrogen-bond donors (Lipinski definition) is 1. The number of nitrogen functional groups attached to an aromatic ring is 1. The van der Waals surface area contributed by atoms with Crippen molar-refractivity contribution in [2.75, 3.05) is 25.9 Å². The summed E-state index contributed by atoms with van der Waals surface area (Å²) in [5, 5.41) is 0. The number of aryl methyl sites for hydroxylation is 1. The van der Waals surface area contributed by atoms with Crippen molar-refractivity contribution in [1.82, 2.24) is 4.90 Å². The highest BCUT2D eigenvalue weighted by molar-refractivity contribution is 5.53. The number of hydrogen-bond acceptors (Lipinski definition) is 3. The third-order valence-electron chi connectivity index (χ3n) is 3.13. The molecule has 88 valence electrons. The normalized spacial score (nSPS) is 18.6. The maximum Gasteiger partial charge on any atom is 0.142 e. The third-order valence-corrected chi connectivity index (χ3v) is 3.13. The maximum atomic E-state index is 5.96. The van der Waals surface area contributed by atoms with Gasteiger partial charge in [-0.15, -0.1) is 0 Å². The van der Waals surface area contributed by atoms with Crippen LogP contribution in [0.5, 0.6) is 5.75 Å². The molecule has 1 fully saturated rings. The second kappa shape index (κ2) is 4.74. The van der Waals surface area contributed by atoms with Crippen molar-refractivity contribution >= 4 is 5.69 Å². The van der Waals surface area contributed by atoms with Gasteiger partial charge in [-0.1, -0.05) is 6.07 Å². The Bertz CT molecular complexity index is 357. The Morgan fingerprint density at radius 1 is 1.31 bits per heavy atom. The quantitative estimate of drug-likeness (QED) is 0.775. The van der Waals surface area contributed by atoms with Crippen molar-refractivity contribution in [3.05, 3.63) is 23.8 Å². The Kier molecular flexibility index (Phi) is 3.34. The van der Waals surface area contributed by atoms with Crippen molar-refractivity contribution in [3.8, 4) is 5.75 Å². The Morgan fingerprint density at radius 3 is 2.69 bits per heavy atom. The average Bonchev–Trinajstić information content (AvgIpc) is 2.27. The highest BCUT2D eigenvalue weighted by Gasteiger charge is 2.18. The van der Waals surface area contributed by atoms with Gasteiger partial charge in [-0.05, 0) is 44.5 Å². The molecular weight excluding hydrogens is 200 g/mol. The van der Waals surface area contributed by atoms with Crippen LogP contribution in [0.15, 0.2) is 18.2 Å². The fraction of sp³-hybridized carbons (Fsp3) is 0.538. The van der Waals surface area contributed by atoms with Gasteiger partial charge >= 0.3 is 0 Å². The largest absolute Gasteiger partial charge is 0.488 e. The predicted molar refractivity (Wildman–Crippen MR) is 66.7 cm³/mol. The highest BCUT2D eigenvalue weighted by atomic mass is 16.5. The lowest BCUT2D eigenvalue weighted by atomic mass is 10.1. The first-order valence-electron chi connectivity index (χ1n) is 5.86. The Hall–Kier alpha value is -1.22. The molecule has 0 radical (unpaired) electrons. The predicted octanol–water partition coefficient (Wildman–Crippen LogP) is 2.05. The molecule has 0 saturated carbocycles. The number of nitrogens with zero attached hydrogens (tertiary/aromatic N) is 1. The molecule has 0 spiro atoms. The zero-order valence-corrected chi connectivity index (χ0v) is 10.1. The summed E-state index contributed by atoms with van der Waals surface area (Å²) in [4.78, 5) is 2.33. The van der Waals surface area contributed by atoms with Crippen LogP contribution in [0.25, 0.3) is 0 Å². The zero-order valence-electron chi connectivity index (χ0n) is 10.1. The number of rotatable bonds is 2. The standard InChI is InChI=1S/C13H20N2O/c1-10-3-4-12(14)13(9-10)16-11-5-7-15(2)8-6-11/h3-4,9,11H,5-8,14H2,1-2H3. The molecule has 0 amide bonds. The molecule has 3 nitrogen and oxygen atoms in total. The van der Waals surface area contributed by atoms with Crippen molar-refractivity contribution < 1.29 is 4.74 Å². The lowest BCUT2D eigenvalue weighted by molar-refractivity contribution is 0.115. The monoisotopic (exact) mass is 220 g/mol. The summed E-state index contributed by atoms with van der Waals surface area (Å²) in [6.45, 7) is 4.27. The fourth-order valence-electron chi connectivity index (χ4n) is 2.03. The molecule has 1 aliphatic heterocycles. The van der Waals surface area contributed by atoms with Gasteiger partial charge in [-0.3, -0.25) is 0 Å². The number of likely N-dealkylation sites (tertiary alicyclic amines) is 1. The van der Waals surface area contributed by atoms with Gasteiger partial charge in [0.2, 0.25) is 0 Å². The molecule has 1 aliphatic rings. The number of anilines is 1. The van der Waals surface area contributed by atoms with Gasteiger partial charge in [0, 0.05) is 13.1 Å². The summed E-state index contributed by atoms with van der Waals surface area (Å²) < 4.78 is 5.96. The van der Waals surface area contributed by atoms with E-state index >= 15 is 0 Å². The van der Waals surface area contributed by atoms with Crippen molar-refractivity contribution in [1.29, 1.82) is 0 Å². The molecule has 1 aromatic rings. The van der Waals surface area contributed by atoms with E-state index in [2.05, 4.69) is 18.9 Å². The van der Waals surface area contributed by atoms with E-state index in [1.807, 2.05) is 18.2 Å². The number of piperidine rings is 1. The third kappa shape index (κ3) is 2.67. The van der Waals surface area contributed by atoms with Gasteiger partial charge in [0.15, 0.2) is 0 Å². The Balaban J connectivity index is 2.00. The van der Waals surface area contributed by atoms with Crippen LogP contribution >= 0.6 is 0 Å². The van der Waals surface area contributed by atoms with Crippen LogP contribution in [0.2, 0.25) is 0 Å². The number of nitrogens with two attached hydrogens (primary N) is 1. The van der Waals surface area contributed by atoms with Gasteiger partial charge < -0.3 is 15.4 Å². The van der Waals surface area contributed by atoms with E-state index in [1.54, 1.807) is 0 Å². The van der Waals surface area contributed by atoms with E-state index in [1.165, 1.54) is 5.56 Å². The van der Waals surface area contributed by atoms with Crippen molar-refractivity contribution in [2.45, 2.75) is 25.9 Å². The highest BCUT2D eigenvalue weighted by Crippen LogP contribution is 2.25. The summed E-state index contributed by atoms with van der Waals surface area (Å²) >= 11 is 0. The minimum Gasteiger partial charge on any atom is -0.488 e. The van der Waals surface area contributed by atoms with Crippen LogP contribution in [-0.2, 0) is 0 Å². The van der Waals surface area contributed by atoms with Crippen LogP contribution in [0.3, 0.4) is 0 Å². The van der Waals surface area contributed by atoms with Crippen molar-refractivity contribution in [3.63, 3.8) is 0 Å². The van der Waals surface area contributed by atoms with Crippen molar-refractivity contribution in [2.24, 2.45) is 0 Å². The molecule has 2 rings (SSSR count). The lowest BCUT2D eigenvalue weighted by Gasteiger charge is -2.29. The Morgan fingerprint density at radius 2 is 2.00 bits per heavy atom. The average molecular weight is 220 g/mol. The van der Waals surface area contributed by atoms with E-state index in [4.69, 9.17) is 10.5 Å². The van der Waals surface area contributed by atoms with E-state index in [0.29, 0.717) is 6.10 Å². The zero-order chi connectivity index (χ0) is 11.5. The van der Waals surface area contributed by atoms with Gasteiger partial charge in [-0.2, -0.15) is 0 Å². The molecule has 0 atom stereocenters. The van der Waals surface area contributed by atoms with E-state index in [-0.39, 0.29) is 0 Å². The summed E-state index contributed by atoms with van der Waals surface area (Å²) in [6.07, 6.45) is 2.49. The van der Waals surface area contributed by atoms with Gasteiger partial charge in [-0.25, -0.2) is 0 Å². The maximum absolute atomic E-state index is 5.96. The molecule has 0 aromatic heterocycles. The van der Waals surface area contributed by atoms with Crippen LogP contribution in [0, 0.1) is 6.92 Å². The molecular formula is C13H20N2O. The molecule has 0 bridgehead atoms. The first kappa shape index (κ1) is 11.3. The van der Waals surface area contributed by atoms with E-state index < -0.39 is 0 Å². The summed E-state index contributed by atoms with van der Waals surface area (Å²) in [5.74, 6) is 0.842. The molecule has 16 heavy (non-hydrogen) atoms. The first-order chi connectivity index (χ1) is 7.65. The second-order valence-electron chi connectivity index (χ2n) is 4.66. The molecule has 1 aromatic carbocycles. The van der Waals surface area contributed by atoms with Crippen LogP contribution < -0.4 is 10.5 Å². The first-order valence-corrected chi connectivity index (χ1v) is 5.86. The molecule has 2 N–H and O–H groups in total. The van der Waals surface area contributed by atoms with E-state index in [9.17, 15) is 0 Å². The SMILES string of the molecule is Cc1ccc(N)c(OC2CCN(C)CC2)c1. The summed E-state index contributed by atoms with van der Waals surface area (Å²) in [7, 11) is 2.15. The summed E-state index contributed by atoms with van der Waals surface area (Å²) in [6, 6.07) is 5.95. The topological polar surface area (TPSA) is 38.5 Å². The smallest absolute Gasteiger partial charge is 0.142 e. The van der Waals surface area contributed by atoms with Gasteiger partial charge in [0.05, 0.1) is 5.69 Å². The second-order valence-corrected chi connectivity index (χ2v) is 4.66. The fourth-order valence-corrected chi connectivity index (χ4v) is 2.03. The number of benzene rings is 1. The van der Waals surface area contributed by atoms with Crippen LogP contribution in [0.4, 0.5) is 5.69 Å². The summed E-state index contributed by atoms with van der Waals surface area (Å²) in [5.41, 5.74) is 7.83. The van der Waals surface area contributed by atoms with Crippen LogP contribution in [0.1, 0.15) is 18.4 Å². The molecule has 0 aliphatic carbocycles. The minimum absolute atomic E-state index is 0.320. The Labute approximate surface area is 97.2 Å². The van der Waals surface area contributed by atoms with E-state index in [0.717, 1.165) is 37.4 Å². The van der Waals surface area contributed by atoms with Gasteiger partial charge in [0.1, 0.15) is 11.9 Å². The molecule has 0 unspecified atom stereocenters. The van der Waals surface area contributed by atoms with Crippen LogP contribution in [-0.4, -0.2) is 31.1 Å². The minimum atomic E-state index is 0.320. The molecule has 1 saturated heterocycles. The number of ether oxygens (including phenoxy) is 1. The molecule has 1 heterocycles. The lowest BCUT2D eigenvalue weighted by Crippen LogP contribution is -2.35. The molecule has 3 heteroatoms. The van der Waals surface area contributed by atoms with Gasteiger partial charge in [0.25, 0.3) is 0 Å².